The van der Waals surface area contributed by atoms with Crippen LogP contribution >= 0.6 is 15.9 Å². The zero-order chi connectivity index (χ0) is 11.1. The standard InChI is InChI=1S/C10H6BrF3O/c11-9(10(12,13)14)6-5-7-3-1-2-4-8(7)15-9/h1-6H. The van der Waals surface area contributed by atoms with E-state index in [-0.39, 0.29) is 5.75 Å². The number of benzene rings is 1. The van der Waals surface area contributed by atoms with E-state index >= 15 is 0 Å². The predicted molar refractivity (Wildman–Crippen MR) is 53.8 cm³/mol. The number of hydrogen-bond donors (Lipinski definition) is 0. The first-order valence-electron chi connectivity index (χ1n) is 4.15. The number of alkyl halides is 4. The molecule has 0 aliphatic carbocycles. The summed E-state index contributed by atoms with van der Waals surface area (Å²) in [6.07, 6.45) is -2.15. The Balaban J connectivity index is 2.42. The Morgan fingerprint density at radius 1 is 1.20 bits per heavy atom. The topological polar surface area (TPSA) is 9.23 Å². The van der Waals surface area contributed by atoms with E-state index < -0.39 is 10.7 Å². The van der Waals surface area contributed by atoms with Crippen LogP contribution in [0.3, 0.4) is 0 Å². The fourth-order valence-electron chi connectivity index (χ4n) is 1.25. The lowest BCUT2D eigenvalue weighted by molar-refractivity contribution is -0.191. The minimum absolute atomic E-state index is 0.217. The molecule has 1 nitrogen and oxygen atoms in total. The normalized spacial score (nSPS) is 24.5. The van der Waals surface area contributed by atoms with Crippen LogP contribution in [-0.4, -0.2) is 10.7 Å². The predicted octanol–water partition coefficient (Wildman–Crippen LogP) is 3.75. The summed E-state index contributed by atoms with van der Waals surface area (Å²) in [6.45, 7) is 0. The first kappa shape index (κ1) is 10.5. The van der Waals surface area contributed by atoms with Gasteiger partial charge in [-0.05, 0) is 28.1 Å². The van der Waals surface area contributed by atoms with Gasteiger partial charge in [-0.2, -0.15) is 13.2 Å². The highest BCUT2D eigenvalue weighted by Crippen LogP contribution is 2.44. The molecule has 0 spiro atoms. The van der Waals surface area contributed by atoms with Crippen molar-refractivity contribution >= 4 is 22.0 Å². The van der Waals surface area contributed by atoms with Gasteiger partial charge in [-0.3, -0.25) is 0 Å². The average molecular weight is 279 g/mol. The summed E-state index contributed by atoms with van der Waals surface area (Å²) >= 11 is 2.55. The number of halogens is 4. The molecule has 15 heavy (non-hydrogen) atoms. The second kappa shape index (κ2) is 3.27. The largest absolute Gasteiger partial charge is 0.462 e. The Morgan fingerprint density at radius 2 is 1.87 bits per heavy atom. The summed E-state index contributed by atoms with van der Waals surface area (Å²) < 4.78 is 40.3. The van der Waals surface area contributed by atoms with Crippen LogP contribution in [0.15, 0.2) is 30.3 Å². The first-order chi connectivity index (χ1) is 6.92. The second-order valence-corrected chi connectivity index (χ2v) is 4.29. The molecular formula is C10H6BrF3O. The molecule has 1 aliphatic heterocycles. The fourth-order valence-corrected chi connectivity index (χ4v) is 1.56. The highest BCUT2D eigenvalue weighted by Gasteiger charge is 2.55. The number of ether oxygens (including phenoxy) is 1. The van der Waals surface area contributed by atoms with Gasteiger partial charge in [0.2, 0.25) is 0 Å². The summed E-state index contributed by atoms with van der Waals surface area (Å²) in [5.74, 6) is 0.217. The van der Waals surface area contributed by atoms with Crippen molar-refractivity contribution in [2.75, 3.05) is 0 Å². The van der Waals surface area contributed by atoms with E-state index in [1.807, 2.05) is 0 Å². The zero-order valence-corrected chi connectivity index (χ0v) is 8.97. The molecule has 0 saturated heterocycles. The lowest BCUT2D eigenvalue weighted by Gasteiger charge is -2.31. The fraction of sp³-hybridized carbons (Fsp3) is 0.200. The molecular weight excluding hydrogens is 273 g/mol. The van der Waals surface area contributed by atoms with Crippen LogP contribution in [0.1, 0.15) is 5.56 Å². The van der Waals surface area contributed by atoms with Gasteiger partial charge in [0.25, 0.3) is 4.51 Å². The molecule has 1 aliphatic rings. The van der Waals surface area contributed by atoms with E-state index in [9.17, 15) is 13.2 Å². The van der Waals surface area contributed by atoms with Crippen molar-refractivity contribution in [1.29, 1.82) is 0 Å². The van der Waals surface area contributed by atoms with E-state index in [4.69, 9.17) is 4.74 Å². The number of hydrogen-bond acceptors (Lipinski definition) is 1. The van der Waals surface area contributed by atoms with Crippen molar-refractivity contribution in [2.45, 2.75) is 10.7 Å². The molecule has 0 N–H and O–H groups in total. The van der Waals surface area contributed by atoms with E-state index in [1.165, 1.54) is 12.1 Å². The molecule has 0 aromatic heterocycles. The van der Waals surface area contributed by atoms with Gasteiger partial charge in [-0.25, -0.2) is 0 Å². The molecule has 1 aromatic rings. The molecule has 2 rings (SSSR count). The molecule has 1 unspecified atom stereocenters. The van der Waals surface area contributed by atoms with Crippen molar-refractivity contribution in [1.82, 2.24) is 0 Å². The summed E-state index contributed by atoms with van der Waals surface area (Å²) in [4.78, 5) is 0. The quantitative estimate of drug-likeness (QED) is 0.657. The van der Waals surface area contributed by atoms with E-state index in [0.717, 1.165) is 6.08 Å². The summed E-state index contributed by atoms with van der Waals surface area (Å²) in [6, 6.07) is 6.55. The number of rotatable bonds is 0. The van der Waals surface area contributed by atoms with Gasteiger partial charge in [-0.15, -0.1) is 0 Å². The van der Waals surface area contributed by atoms with Crippen LogP contribution in [0.4, 0.5) is 13.2 Å². The Morgan fingerprint density at radius 3 is 2.53 bits per heavy atom. The molecule has 80 valence electrons. The average Bonchev–Trinajstić information content (AvgIpc) is 2.16. The van der Waals surface area contributed by atoms with Gasteiger partial charge in [0.05, 0.1) is 0 Å². The highest BCUT2D eigenvalue weighted by atomic mass is 79.9. The third-order valence-electron chi connectivity index (χ3n) is 2.04. The maximum atomic E-state index is 12.6. The zero-order valence-electron chi connectivity index (χ0n) is 7.38. The van der Waals surface area contributed by atoms with Crippen molar-refractivity contribution < 1.29 is 17.9 Å². The lowest BCUT2D eigenvalue weighted by Crippen LogP contribution is -2.43. The summed E-state index contributed by atoms with van der Waals surface area (Å²) in [7, 11) is 0. The Kier molecular flexibility index (Phi) is 2.30. The minimum Gasteiger partial charge on any atom is -0.462 e. The van der Waals surface area contributed by atoms with E-state index in [0.29, 0.717) is 5.56 Å². The number of para-hydroxylation sites is 1. The van der Waals surface area contributed by atoms with Crippen LogP contribution in [0.25, 0.3) is 6.08 Å². The van der Waals surface area contributed by atoms with Crippen molar-refractivity contribution in [3.05, 3.63) is 35.9 Å². The number of fused-ring (bicyclic) bond motifs is 1. The summed E-state index contributed by atoms with van der Waals surface area (Å²) in [5, 5.41) is 0. The van der Waals surface area contributed by atoms with Gasteiger partial charge in [-0.1, -0.05) is 24.3 Å². The molecule has 0 bridgehead atoms. The third-order valence-corrected chi connectivity index (χ3v) is 2.92. The molecule has 0 radical (unpaired) electrons. The third kappa shape index (κ3) is 1.76. The van der Waals surface area contributed by atoms with Crippen molar-refractivity contribution in [2.24, 2.45) is 0 Å². The SMILES string of the molecule is FC(F)(F)C1(Br)C=Cc2ccccc2O1. The van der Waals surface area contributed by atoms with Gasteiger partial charge in [0.15, 0.2) is 0 Å². The van der Waals surface area contributed by atoms with E-state index in [2.05, 4.69) is 15.9 Å². The molecule has 0 saturated carbocycles. The van der Waals surface area contributed by atoms with Crippen LogP contribution in [0.5, 0.6) is 5.75 Å². The first-order valence-corrected chi connectivity index (χ1v) is 4.95. The Bertz CT molecular complexity index is 413. The van der Waals surface area contributed by atoms with Crippen LogP contribution in [0.2, 0.25) is 0 Å². The Hall–Kier alpha value is -0.970. The molecule has 0 fully saturated rings. The highest BCUT2D eigenvalue weighted by molar-refractivity contribution is 9.10. The van der Waals surface area contributed by atoms with Crippen molar-refractivity contribution in [3.63, 3.8) is 0 Å². The monoisotopic (exact) mass is 278 g/mol. The smallest absolute Gasteiger partial charge is 0.442 e. The van der Waals surface area contributed by atoms with Gasteiger partial charge < -0.3 is 4.74 Å². The molecule has 1 heterocycles. The van der Waals surface area contributed by atoms with Crippen LogP contribution in [-0.2, 0) is 0 Å². The summed E-state index contributed by atoms with van der Waals surface area (Å²) in [5.41, 5.74) is 0.636. The second-order valence-electron chi connectivity index (χ2n) is 3.12. The molecule has 1 aromatic carbocycles. The van der Waals surface area contributed by atoms with Crippen LogP contribution < -0.4 is 4.74 Å². The molecule has 5 heteroatoms. The van der Waals surface area contributed by atoms with Gasteiger partial charge in [0.1, 0.15) is 5.75 Å². The van der Waals surface area contributed by atoms with Crippen molar-refractivity contribution in [3.8, 4) is 5.75 Å². The maximum Gasteiger partial charge on any atom is 0.442 e. The lowest BCUT2D eigenvalue weighted by atomic mass is 10.1. The van der Waals surface area contributed by atoms with Gasteiger partial charge >= 0.3 is 6.18 Å². The van der Waals surface area contributed by atoms with Gasteiger partial charge in [0, 0.05) is 5.56 Å². The van der Waals surface area contributed by atoms with E-state index in [1.54, 1.807) is 18.2 Å². The molecule has 1 atom stereocenters. The molecule has 0 amide bonds. The van der Waals surface area contributed by atoms with Crippen LogP contribution in [0, 0.1) is 0 Å². The minimum atomic E-state index is -4.49. The maximum absolute atomic E-state index is 12.6. The Labute approximate surface area is 92.7 Å².